The Balaban J connectivity index is 1.66. The topological polar surface area (TPSA) is 19.4 Å². The first-order chi connectivity index (χ1) is 7.33. The average Bonchev–Trinajstić information content (AvgIpc) is 2.27. The molecule has 1 aromatic heterocycles. The Morgan fingerprint density at radius 1 is 1.40 bits per heavy atom. The normalized spacial score (nSPS) is 31.3. The van der Waals surface area contributed by atoms with Gasteiger partial charge in [0.15, 0.2) is 0 Å². The standard InChI is InChI=1S/C12H17N3/c1-14-8-11-5-12(9-14)15(11)7-10-3-2-4-13-6-10/h2-4,6,11-12H,5,7-9H2,1H3. The van der Waals surface area contributed by atoms with Crippen LogP contribution < -0.4 is 0 Å². The fourth-order valence-electron chi connectivity index (χ4n) is 2.86. The highest BCUT2D eigenvalue weighted by atomic mass is 15.3. The number of rotatable bonds is 2. The summed E-state index contributed by atoms with van der Waals surface area (Å²) < 4.78 is 0. The van der Waals surface area contributed by atoms with E-state index in [9.17, 15) is 0 Å². The predicted octanol–water partition coefficient (Wildman–Crippen LogP) is 0.970. The van der Waals surface area contributed by atoms with Crippen LogP contribution in [0.2, 0.25) is 0 Å². The van der Waals surface area contributed by atoms with E-state index in [0.29, 0.717) is 0 Å². The molecule has 80 valence electrons. The zero-order valence-corrected chi connectivity index (χ0v) is 9.13. The van der Waals surface area contributed by atoms with Crippen LogP contribution >= 0.6 is 0 Å². The van der Waals surface area contributed by atoms with Crippen LogP contribution in [0.1, 0.15) is 12.0 Å². The summed E-state index contributed by atoms with van der Waals surface area (Å²) >= 11 is 0. The van der Waals surface area contributed by atoms with Crippen molar-refractivity contribution in [1.29, 1.82) is 0 Å². The molecule has 2 bridgehead atoms. The van der Waals surface area contributed by atoms with Gasteiger partial charge in [0.05, 0.1) is 0 Å². The molecule has 3 heteroatoms. The Morgan fingerprint density at radius 2 is 2.20 bits per heavy atom. The van der Waals surface area contributed by atoms with E-state index in [1.807, 2.05) is 18.5 Å². The molecule has 4 rings (SSSR count). The van der Waals surface area contributed by atoms with Crippen LogP contribution in [0, 0.1) is 0 Å². The zero-order chi connectivity index (χ0) is 10.3. The van der Waals surface area contributed by atoms with E-state index in [1.165, 1.54) is 25.1 Å². The second-order valence-electron chi connectivity index (χ2n) is 4.80. The third-order valence-corrected chi connectivity index (χ3v) is 3.61. The summed E-state index contributed by atoms with van der Waals surface area (Å²) in [5.41, 5.74) is 1.34. The fourth-order valence-corrected chi connectivity index (χ4v) is 2.86. The summed E-state index contributed by atoms with van der Waals surface area (Å²) in [6, 6.07) is 5.77. The highest BCUT2D eigenvalue weighted by Gasteiger charge is 2.42. The first kappa shape index (κ1) is 9.31. The predicted molar refractivity (Wildman–Crippen MR) is 59.5 cm³/mol. The van der Waals surface area contributed by atoms with Crippen molar-refractivity contribution in [2.24, 2.45) is 0 Å². The Morgan fingerprint density at radius 3 is 2.87 bits per heavy atom. The third kappa shape index (κ3) is 1.66. The highest BCUT2D eigenvalue weighted by Crippen LogP contribution is 2.32. The molecule has 0 spiro atoms. The molecule has 0 saturated carbocycles. The number of aromatic nitrogens is 1. The van der Waals surface area contributed by atoms with Crippen molar-refractivity contribution in [3.8, 4) is 0 Å². The lowest BCUT2D eigenvalue weighted by atomic mass is 9.87. The van der Waals surface area contributed by atoms with Crippen molar-refractivity contribution in [3.05, 3.63) is 30.1 Å². The van der Waals surface area contributed by atoms with Gasteiger partial charge >= 0.3 is 0 Å². The number of fused-ring (bicyclic) bond motifs is 2. The number of likely N-dealkylation sites (N-methyl/N-ethyl adjacent to an activating group) is 1. The summed E-state index contributed by atoms with van der Waals surface area (Å²) in [5.74, 6) is 0. The van der Waals surface area contributed by atoms with Crippen molar-refractivity contribution in [1.82, 2.24) is 14.8 Å². The zero-order valence-electron chi connectivity index (χ0n) is 9.13. The second kappa shape index (κ2) is 3.58. The molecular formula is C12H17N3. The van der Waals surface area contributed by atoms with Crippen molar-refractivity contribution in [2.45, 2.75) is 25.0 Å². The van der Waals surface area contributed by atoms with Crippen LogP contribution in [-0.4, -0.2) is 47.0 Å². The average molecular weight is 203 g/mol. The van der Waals surface area contributed by atoms with E-state index in [0.717, 1.165) is 18.6 Å². The van der Waals surface area contributed by atoms with Gasteiger partial charge in [-0.15, -0.1) is 0 Å². The molecule has 0 N–H and O–H groups in total. The van der Waals surface area contributed by atoms with E-state index in [-0.39, 0.29) is 0 Å². The number of hydrogen-bond donors (Lipinski definition) is 0. The minimum Gasteiger partial charge on any atom is -0.303 e. The monoisotopic (exact) mass is 203 g/mol. The van der Waals surface area contributed by atoms with Crippen molar-refractivity contribution < 1.29 is 0 Å². The molecule has 3 nitrogen and oxygen atoms in total. The van der Waals surface area contributed by atoms with Gasteiger partial charge in [-0.2, -0.15) is 0 Å². The minimum absolute atomic E-state index is 0.786. The number of hydrogen-bond acceptors (Lipinski definition) is 3. The van der Waals surface area contributed by atoms with E-state index in [4.69, 9.17) is 0 Å². The Labute approximate surface area is 90.7 Å². The molecular weight excluding hydrogens is 186 g/mol. The molecule has 2 atom stereocenters. The molecule has 3 aliphatic rings. The van der Waals surface area contributed by atoms with Crippen LogP contribution in [0.3, 0.4) is 0 Å². The van der Waals surface area contributed by atoms with Gasteiger partial charge in [-0.05, 0) is 25.1 Å². The molecule has 2 unspecified atom stereocenters. The van der Waals surface area contributed by atoms with Crippen LogP contribution in [0.25, 0.3) is 0 Å². The lowest BCUT2D eigenvalue weighted by molar-refractivity contribution is -0.0668. The molecule has 0 radical (unpaired) electrons. The molecule has 0 aromatic carbocycles. The first-order valence-electron chi connectivity index (χ1n) is 5.66. The van der Waals surface area contributed by atoms with Crippen LogP contribution in [0.15, 0.2) is 24.5 Å². The van der Waals surface area contributed by atoms with Crippen LogP contribution in [-0.2, 0) is 6.54 Å². The van der Waals surface area contributed by atoms with E-state index in [2.05, 4.69) is 27.9 Å². The lowest BCUT2D eigenvalue weighted by Crippen LogP contribution is -2.67. The SMILES string of the molecule is CN1CC2CC(C1)N2Cc1cccnc1. The maximum atomic E-state index is 4.17. The summed E-state index contributed by atoms with van der Waals surface area (Å²) in [7, 11) is 2.22. The molecule has 0 aliphatic carbocycles. The molecule has 0 amide bonds. The van der Waals surface area contributed by atoms with Crippen LogP contribution in [0.5, 0.6) is 0 Å². The Kier molecular flexibility index (Phi) is 2.22. The van der Waals surface area contributed by atoms with Crippen molar-refractivity contribution >= 4 is 0 Å². The van der Waals surface area contributed by atoms with Gasteiger partial charge in [0.2, 0.25) is 0 Å². The molecule has 1 aromatic rings. The summed E-state index contributed by atoms with van der Waals surface area (Å²) in [5, 5.41) is 0. The van der Waals surface area contributed by atoms with Gasteiger partial charge in [-0.1, -0.05) is 6.07 Å². The maximum Gasteiger partial charge on any atom is 0.0312 e. The molecule has 4 heterocycles. The fraction of sp³-hybridized carbons (Fsp3) is 0.583. The van der Waals surface area contributed by atoms with Gasteiger partial charge in [0.25, 0.3) is 0 Å². The number of pyridine rings is 1. The lowest BCUT2D eigenvalue weighted by Gasteiger charge is -2.55. The Bertz CT molecular complexity index is 326. The van der Waals surface area contributed by atoms with E-state index in [1.54, 1.807) is 0 Å². The van der Waals surface area contributed by atoms with Crippen molar-refractivity contribution in [3.63, 3.8) is 0 Å². The summed E-state index contributed by atoms with van der Waals surface area (Å²) in [6.45, 7) is 3.55. The van der Waals surface area contributed by atoms with E-state index >= 15 is 0 Å². The first-order valence-corrected chi connectivity index (χ1v) is 5.66. The van der Waals surface area contributed by atoms with Gasteiger partial charge in [-0.3, -0.25) is 9.88 Å². The molecule has 15 heavy (non-hydrogen) atoms. The summed E-state index contributed by atoms with van der Waals surface area (Å²) in [4.78, 5) is 9.23. The highest BCUT2D eigenvalue weighted by molar-refractivity contribution is 5.11. The maximum absolute atomic E-state index is 4.17. The number of piperazine rings is 1. The van der Waals surface area contributed by atoms with Crippen molar-refractivity contribution in [2.75, 3.05) is 20.1 Å². The van der Waals surface area contributed by atoms with E-state index < -0.39 is 0 Å². The van der Waals surface area contributed by atoms with Gasteiger partial charge < -0.3 is 4.90 Å². The minimum atomic E-state index is 0.786. The smallest absolute Gasteiger partial charge is 0.0312 e. The second-order valence-corrected chi connectivity index (χ2v) is 4.80. The molecule has 3 aliphatic heterocycles. The quantitative estimate of drug-likeness (QED) is 0.714. The third-order valence-electron chi connectivity index (χ3n) is 3.61. The van der Waals surface area contributed by atoms with Gasteiger partial charge in [0, 0.05) is 44.1 Å². The number of nitrogens with zero attached hydrogens (tertiary/aromatic N) is 3. The molecule has 3 saturated heterocycles. The summed E-state index contributed by atoms with van der Waals surface area (Å²) in [6.07, 6.45) is 5.22. The Hall–Kier alpha value is -0.930. The van der Waals surface area contributed by atoms with Gasteiger partial charge in [-0.25, -0.2) is 0 Å². The largest absolute Gasteiger partial charge is 0.303 e. The number of piperidine rings is 1. The van der Waals surface area contributed by atoms with Crippen LogP contribution in [0.4, 0.5) is 0 Å². The molecule has 3 fully saturated rings. The van der Waals surface area contributed by atoms with Gasteiger partial charge in [0.1, 0.15) is 0 Å².